The number of carbonyl (C=O) groups is 1. The Labute approximate surface area is 125 Å². The summed E-state index contributed by atoms with van der Waals surface area (Å²) in [5, 5.41) is 0. The Bertz CT molecular complexity index is 298. The molecule has 0 aliphatic carbocycles. The van der Waals surface area contributed by atoms with Gasteiger partial charge in [0.05, 0.1) is 13.0 Å². The molecule has 1 fully saturated rings. The van der Waals surface area contributed by atoms with Crippen LogP contribution in [0, 0.1) is 0 Å². The summed E-state index contributed by atoms with van der Waals surface area (Å²) in [6.07, 6.45) is -0.133. The van der Waals surface area contributed by atoms with E-state index >= 15 is 0 Å². The molecule has 0 bridgehead atoms. The van der Waals surface area contributed by atoms with E-state index in [0.29, 0.717) is 25.7 Å². The highest BCUT2D eigenvalue weighted by Crippen LogP contribution is 2.11. The van der Waals surface area contributed by atoms with E-state index in [1.54, 1.807) is 4.90 Å². The third-order valence-corrected chi connectivity index (χ3v) is 3.78. The topological polar surface area (TPSA) is 58.8 Å². The van der Waals surface area contributed by atoms with Crippen molar-refractivity contribution in [1.29, 1.82) is 0 Å². The highest BCUT2D eigenvalue weighted by molar-refractivity contribution is 5.76. The molecule has 5 nitrogen and oxygen atoms in total. The molecule has 1 aliphatic rings. The van der Waals surface area contributed by atoms with Crippen LogP contribution in [0.4, 0.5) is 8.78 Å². The van der Waals surface area contributed by atoms with Crippen LogP contribution in [0.5, 0.6) is 0 Å². The molecule has 0 aromatic carbocycles. The smallest absolute Gasteiger partial charge is 0.261 e. The number of nitrogens with zero attached hydrogens (tertiary/aromatic N) is 2. The molecule has 0 spiro atoms. The van der Waals surface area contributed by atoms with Crippen LogP contribution in [0.1, 0.15) is 26.2 Å². The van der Waals surface area contributed by atoms with Crippen molar-refractivity contribution in [3.8, 4) is 0 Å². The zero-order chi connectivity index (χ0) is 15.7. The first-order valence-electron chi connectivity index (χ1n) is 7.66. The Balaban J connectivity index is 2.23. The fraction of sp³-hybridized carbons (Fsp3) is 0.929. The second-order valence-electron chi connectivity index (χ2n) is 5.31. The summed E-state index contributed by atoms with van der Waals surface area (Å²) in [7, 11) is 0. The molecule has 1 heterocycles. The molecule has 0 saturated carbocycles. The van der Waals surface area contributed by atoms with Crippen LogP contribution in [0.15, 0.2) is 0 Å². The van der Waals surface area contributed by atoms with Crippen molar-refractivity contribution in [3.05, 3.63) is 0 Å². The summed E-state index contributed by atoms with van der Waals surface area (Å²) in [6, 6.07) is 0.390. The van der Waals surface area contributed by atoms with Gasteiger partial charge in [0.15, 0.2) is 0 Å². The molecular formula is C14H27F2N3O2. The zero-order valence-corrected chi connectivity index (χ0v) is 12.8. The second kappa shape index (κ2) is 10.0. The molecule has 1 atom stereocenters. The molecule has 124 valence electrons. The van der Waals surface area contributed by atoms with Crippen LogP contribution in [-0.4, -0.2) is 74.1 Å². The number of piperazine rings is 1. The SMILES string of the molecule is CCCC(CN)N1CCN(C(=O)CCOCC(F)F)CC1. The van der Waals surface area contributed by atoms with Gasteiger partial charge < -0.3 is 15.4 Å². The summed E-state index contributed by atoms with van der Waals surface area (Å²) >= 11 is 0. The summed E-state index contributed by atoms with van der Waals surface area (Å²) in [5.74, 6) is -0.0243. The third kappa shape index (κ3) is 6.67. The maximum absolute atomic E-state index is 11.9. The minimum atomic E-state index is -2.48. The Hall–Kier alpha value is -0.790. The molecule has 0 aromatic heterocycles. The molecule has 0 aromatic rings. The number of carbonyl (C=O) groups excluding carboxylic acids is 1. The first kappa shape index (κ1) is 18.3. The Morgan fingerprint density at radius 2 is 1.95 bits per heavy atom. The molecule has 1 rings (SSSR count). The van der Waals surface area contributed by atoms with Gasteiger partial charge in [-0.3, -0.25) is 9.69 Å². The Morgan fingerprint density at radius 1 is 1.29 bits per heavy atom. The first-order valence-corrected chi connectivity index (χ1v) is 7.66. The lowest BCUT2D eigenvalue weighted by Crippen LogP contribution is -2.53. The van der Waals surface area contributed by atoms with Gasteiger partial charge in [-0.15, -0.1) is 0 Å². The average molecular weight is 307 g/mol. The number of ether oxygens (including phenoxy) is 1. The van der Waals surface area contributed by atoms with E-state index in [2.05, 4.69) is 11.8 Å². The lowest BCUT2D eigenvalue weighted by atomic mass is 10.1. The average Bonchev–Trinajstić information content (AvgIpc) is 2.49. The minimum absolute atomic E-state index is 0.0243. The van der Waals surface area contributed by atoms with Crippen LogP contribution >= 0.6 is 0 Å². The first-order chi connectivity index (χ1) is 10.1. The van der Waals surface area contributed by atoms with Gasteiger partial charge >= 0.3 is 0 Å². The van der Waals surface area contributed by atoms with Gasteiger partial charge in [0.25, 0.3) is 6.43 Å². The van der Waals surface area contributed by atoms with E-state index in [1.165, 1.54) is 0 Å². The predicted molar refractivity (Wildman–Crippen MR) is 77.3 cm³/mol. The number of hydrogen-bond acceptors (Lipinski definition) is 4. The minimum Gasteiger partial charge on any atom is -0.375 e. The number of alkyl halides is 2. The molecular weight excluding hydrogens is 280 g/mol. The molecule has 21 heavy (non-hydrogen) atoms. The van der Waals surface area contributed by atoms with Gasteiger partial charge in [0, 0.05) is 38.8 Å². The fourth-order valence-corrected chi connectivity index (χ4v) is 2.61. The number of amides is 1. The standard InChI is InChI=1S/C14H27F2N3O2/c1-2-3-12(10-17)18-5-7-19(8-6-18)14(20)4-9-21-11-13(15)16/h12-13H,2-11,17H2,1H3. The number of rotatable bonds is 9. The van der Waals surface area contributed by atoms with E-state index < -0.39 is 13.0 Å². The van der Waals surface area contributed by atoms with E-state index in [-0.39, 0.29) is 18.9 Å². The van der Waals surface area contributed by atoms with Gasteiger partial charge in [-0.2, -0.15) is 0 Å². The van der Waals surface area contributed by atoms with E-state index in [9.17, 15) is 13.6 Å². The molecule has 2 N–H and O–H groups in total. The number of hydrogen-bond donors (Lipinski definition) is 1. The zero-order valence-electron chi connectivity index (χ0n) is 12.8. The maximum Gasteiger partial charge on any atom is 0.261 e. The molecule has 7 heteroatoms. The molecule has 1 aliphatic heterocycles. The van der Waals surface area contributed by atoms with Gasteiger partial charge in [-0.1, -0.05) is 13.3 Å². The highest BCUT2D eigenvalue weighted by atomic mass is 19.3. The van der Waals surface area contributed by atoms with Crippen molar-refractivity contribution >= 4 is 5.91 Å². The molecule has 1 saturated heterocycles. The molecule has 1 unspecified atom stereocenters. The lowest BCUT2D eigenvalue weighted by molar-refractivity contribution is -0.134. The third-order valence-electron chi connectivity index (χ3n) is 3.78. The Kier molecular flexibility index (Phi) is 8.72. The van der Waals surface area contributed by atoms with Crippen LogP contribution in [0.25, 0.3) is 0 Å². The second-order valence-corrected chi connectivity index (χ2v) is 5.31. The van der Waals surface area contributed by atoms with Crippen LogP contribution < -0.4 is 5.73 Å². The van der Waals surface area contributed by atoms with Gasteiger partial charge in [-0.05, 0) is 6.42 Å². The lowest BCUT2D eigenvalue weighted by Gasteiger charge is -2.39. The highest BCUT2D eigenvalue weighted by Gasteiger charge is 2.24. The maximum atomic E-state index is 11.9. The van der Waals surface area contributed by atoms with E-state index in [1.807, 2.05) is 0 Å². The van der Waals surface area contributed by atoms with Crippen LogP contribution in [0.3, 0.4) is 0 Å². The fourth-order valence-electron chi connectivity index (χ4n) is 2.61. The van der Waals surface area contributed by atoms with Crippen molar-refractivity contribution in [2.24, 2.45) is 5.73 Å². The van der Waals surface area contributed by atoms with Gasteiger partial charge in [0.1, 0.15) is 6.61 Å². The van der Waals surface area contributed by atoms with Gasteiger partial charge in [0.2, 0.25) is 5.91 Å². The summed E-state index contributed by atoms with van der Waals surface area (Å²) in [4.78, 5) is 16.0. The number of halogens is 2. The van der Waals surface area contributed by atoms with Crippen molar-refractivity contribution < 1.29 is 18.3 Å². The summed E-state index contributed by atoms with van der Waals surface area (Å²) in [6.45, 7) is 5.24. The normalized spacial score (nSPS) is 18.2. The molecule has 1 amide bonds. The number of nitrogens with two attached hydrogens (primary N) is 1. The largest absolute Gasteiger partial charge is 0.375 e. The predicted octanol–water partition coefficient (Wildman–Crippen LogP) is 0.930. The van der Waals surface area contributed by atoms with Crippen molar-refractivity contribution in [2.45, 2.75) is 38.7 Å². The van der Waals surface area contributed by atoms with E-state index in [4.69, 9.17) is 10.5 Å². The van der Waals surface area contributed by atoms with Gasteiger partial charge in [-0.25, -0.2) is 8.78 Å². The van der Waals surface area contributed by atoms with Crippen LogP contribution in [0.2, 0.25) is 0 Å². The van der Waals surface area contributed by atoms with Crippen molar-refractivity contribution in [2.75, 3.05) is 45.9 Å². The summed E-state index contributed by atoms with van der Waals surface area (Å²) < 4.78 is 28.5. The van der Waals surface area contributed by atoms with Crippen molar-refractivity contribution in [1.82, 2.24) is 9.80 Å². The Morgan fingerprint density at radius 3 is 2.48 bits per heavy atom. The van der Waals surface area contributed by atoms with Crippen molar-refractivity contribution in [3.63, 3.8) is 0 Å². The van der Waals surface area contributed by atoms with Crippen LogP contribution in [-0.2, 0) is 9.53 Å². The monoisotopic (exact) mass is 307 g/mol. The molecule has 0 radical (unpaired) electrons. The summed E-state index contributed by atoms with van der Waals surface area (Å²) in [5.41, 5.74) is 5.79. The quantitative estimate of drug-likeness (QED) is 0.644. The van der Waals surface area contributed by atoms with E-state index in [0.717, 1.165) is 25.9 Å².